The van der Waals surface area contributed by atoms with Crippen LogP contribution in [0.2, 0.25) is 0 Å². The van der Waals surface area contributed by atoms with Crippen LogP contribution in [0.25, 0.3) is 0 Å². The van der Waals surface area contributed by atoms with Gasteiger partial charge < -0.3 is 16.0 Å². The van der Waals surface area contributed by atoms with Crippen molar-refractivity contribution in [1.29, 1.82) is 0 Å². The molecule has 0 radical (unpaired) electrons. The number of amides is 1. The fourth-order valence-corrected chi connectivity index (χ4v) is 2.31. The van der Waals surface area contributed by atoms with Crippen molar-refractivity contribution in [2.75, 3.05) is 26.2 Å². The molecule has 1 aromatic rings. The Balaban J connectivity index is 1.73. The van der Waals surface area contributed by atoms with Gasteiger partial charge in [0, 0.05) is 38.0 Å². The molecule has 1 aromatic carbocycles. The number of benzene rings is 1. The van der Waals surface area contributed by atoms with E-state index in [0.29, 0.717) is 19.0 Å². The van der Waals surface area contributed by atoms with Crippen molar-refractivity contribution in [3.8, 4) is 0 Å². The number of hydrogen-bond acceptors (Lipinski definition) is 2. The third-order valence-electron chi connectivity index (χ3n) is 3.90. The maximum absolute atomic E-state index is 11.6. The summed E-state index contributed by atoms with van der Waals surface area (Å²) < 4.78 is 0. The molecule has 0 aliphatic heterocycles. The van der Waals surface area contributed by atoms with Crippen LogP contribution < -0.4 is 16.0 Å². The van der Waals surface area contributed by atoms with E-state index in [1.54, 1.807) is 0 Å². The SMILES string of the molecule is CCNC(=NCC(C)c1ccccc1)NCCNC(=O)C1CC1. The van der Waals surface area contributed by atoms with Gasteiger partial charge in [-0.1, -0.05) is 37.3 Å². The van der Waals surface area contributed by atoms with Gasteiger partial charge in [0.1, 0.15) is 0 Å². The summed E-state index contributed by atoms with van der Waals surface area (Å²) in [5.41, 5.74) is 1.30. The van der Waals surface area contributed by atoms with Crippen molar-refractivity contribution in [1.82, 2.24) is 16.0 Å². The van der Waals surface area contributed by atoms with Crippen molar-refractivity contribution in [3.63, 3.8) is 0 Å². The molecule has 0 spiro atoms. The number of rotatable bonds is 8. The molecule has 23 heavy (non-hydrogen) atoms. The zero-order valence-corrected chi connectivity index (χ0v) is 14.1. The number of carbonyl (C=O) groups is 1. The first-order valence-electron chi connectivity index (χ1n) is 8.55. The highest BCUT2D eigenvalue weighted by molar-refractivity contribution is 5.81. The van der Waals surface area contributed by atoms with Crippen LogP contribution in [0.1, 0.15) is 38.2 Å². The van der Waals surface area contributed by atoms with E-state index in [1.165, 1.54) is 5.56 Å². The van der Waals surface area contributed by atoms with E-state index in [1.807, 2.05) is 13.0 Å². The van der Waals surface area contributed by atoms with Gasteiger partial charge in [-0.3, -0.25) is 9.79 Å². The summed E-state index contributed by atoms with van der Waals surface area (Å²) in [5, 5.41) is 9.45. The molecule has 1 saturated carbocycles. The lowest BCUT2D eigenvalue weighted by Gasteiger charge is -2.14. The number of nitrogens with zero attached hydrogens (tertiary/aromatic N) is 1. The van der Waals surface area contributed by atoms with Crippen LogP contribution in [0.5, 0.6) is 0 Å². The Morgan fingerprint density at radius 3 is 2.52 bits per heavy atom. The first-order chi connectivity index (χ1) is 11.2. The topological polar surface area (TPSA) is 65.5 Å². The average Bonchev–Trinajstić information content (AvgIpc) is 3.41. The van der Waals surface area contributed by atoms with Gasteiger partial charge in [0.2, 0.25) is 5.91 Å². The lowest BCUT2D eigenvalue weighted by molar-refractivity contribution is -0.122. The summed E-state index contributed by atoms with van der Waals surface area (Å²) in [4.78, 5) is 16.2. The van der Waals surface area contributed by atoms with E-state index in [-0.39, 0.29) is 11.8 Å². The van der Waals surface area contributed by atoms with Gasteiger partial charge in [-0.2, -0.15) is 0 Å². The Bertz CT molecular complexity index is 511. The van der Waals surface area contributed by atoms with Crippen molar-refractivity contribution < 1.29 is 4.79 Å². The fourth-order valence-electron chi connectivity index (χ4n) is 2.31. The molecule has 5 nitrogen and oxygen atoms in total. The number of carbonyl (C=O) groups excluding carboxylic acids is 1. The Labute approximate surface area is 139 Å². The van der Waals surface area contributed by atoms with E-state index in [4.69, 9.17) is 0 Å². The smallest absolute Gasteiger partial charge is 0.223 e. The molecule has 5 heteroatoms. The first-order valence-corrected chi connectivity index (χ1v) is 8.55. The van der Waals surface area contributed by atoms with Crippen molar-refractivity contribution in [3.05, 3.63) is 35.9 Å². The van der Waals surface area contributed by atoms with Crippen LogP contribution in [0.4, 0.5) is 0 Å². The molecule has 1 atom stereocenters. The highest BCUT2D eigenvalue weighted by atomic mass is 16.2. The molecule has 3 N–H and O–H groups in total. The molecule has 0 saturated heterocycles. The molecule has 1 unspecified atom stereocenters. The van der Waals surface area contributed by atoms with Gasteiger partial charge in [-0.15, -0.1) is 0 Å². The lowest BCUT2D eigenvalue weighted by Crippen LogP contribution is -2.42. The molecule has 0 heterocycles. The Kier molecular flexibility index (Phi) is 6.91. The second kappa shape index (κ2) is 9.18. The van der Waals surface area contributed by atoms with Gasteiger partial charge in [0.15, 0.2) is 5.96 Å². The van der Waals surface area contributed by atoms with Crippen LogP contribution in [0.15, 0.2) is 35.3 Å². The highest BCUT2D eigenvalue weighted by Crippen LogP contribution is 2.28. The zero-order chi connectivity index (χ0) is 16.5. The molecule has 126 valence electrons. The summed E-state index contributed by atoms with van der Waals surface area (Å²) in [5.74, 6) is 1.63. The minimum absolute atomic E-state index is 0.187. The van der Waals surface area contributed by atoms with E-state index in [9.17, 15) is 4.79 Å². The van der Waals surface area contributed by atoms with E-state index in [0.717, 1.165) is 31.9 Å². The monoisotopic (exact) mass is 316 g/mol. The predicted molar refractivity (Wildman–Crippen MR) is 94.6 cm³/mol. The number of aliphatic imine (C=N–C) groups is 1. The summed E-state index contributed by atoms with van der Waals surface area (Å²) in [6, 6.07) is 10.4. The zero-order valence-electron chi connectivity index (χ0n) is 14.1. The summed E-state index contributed by atoms with van der Waals surface area (Å²) >= 11 is 0. The highest BCUT2D eigenvalue weighted by Gasteiger charge is 2.28. The quantitative estimate of drug-likeness (QED) is 0.390. The van der Waals surface area contributed by atoms with Gasteiger partial charge in [-0.25, -0.2) is 0 Å². The van der Waals surface area contributed by atoms with Gasteiger partial charge in [0.05, 0.1) is 0 Å². The predicted octanol–water partition coefficient (Wildman–Crippen LogP) is 1.87. The van der Waals surface area contributed by atoms with Crippen molar-refractivity contribution in [2.24, 2.45) is 10.9 Å². The summed E-state index contributed by atoms with van der Waals surface area (Å²) in [6.07, 6.45) is 2.08. The minimum atomic E-state index is 0.187. The van der Waals surface area contributed by atoms with Crippen LogP contribution in [-0.2, 0) is 4.79 Å². The van der Waals surface area contributed by atoms with Crippen LogP contribution in [0, 0.1) is 5.92 Å². The molecular weight excluding hydrogens is 288 g/mol. The van der Waals surface area contributed by atoms with E-state index < -0.39 is 0 Å². The maximum Gasteiger partial charge on any atom is 0.223 e. The van der Waals surface area contributed by atoms with Crippen LogP contribution >= 0.6 is 0 Å². The molecule has 1 aliphatic rings. The number of nitrogens with one attached hydrogen (secondary N) is 3. The second-order valence-electron chi connectivity index (χ2n) is 6.02. The lowest BCUT2D eigenvalue weighted by atomic mass is 10.0. The average molecular weight is 316 g/mol. The molecule has 1 fully saturated rings. The van der Waals surface area contributed by atoms with Gasteiger partial charge >= 0.3 is 0 Å². The molecular formula is C18H28N4O. The largest absolute Gasteiger partial charge is 0.357 e. The molecule has 1 aliphatic carbocycles. The molecule has 2 rings (SSSR count). The Morgan fingerprint density at radius 1 is 1.17 bits per heavy atom. The van der Waals surface area contributed by atoms with Crippen LogP contribution in [0.3, 0.4) is 0 Å². The van der Waals surface area contributed by atoms with Crippen LogP contribution in [-0.4, -0.2) is 38.0 Å². The minimum Gasteiger partial charge on any atom is -0.357 e. The number of hydrogen-bond donors (Lipinski definition) is 3. The maximum atomic E-state index is 11.6. The van der Waals surface area contributed by atoms with Gasteiger partial charge in [-0.05, 0) is 25.3 Å². The summed E-state index contributed by atoms with van der Waals surface area (Å²) in [6.45, 7) is 7.09. The van der Waals surface area contributed by atoms with E-state index >= 15 is 0 Å². The second-order valence-corrected chi connectivity index (χ2v) is 6.02. The first kappa shape index (κ1) is 17.3. The third kappa shape index (κ3) is 6.30. The standard InChI is InChI=1S/C18H28N4O/c1-3-19-18(21-12-11-20-17(23)16-9-10-16)22-13-14(2)15-7-5-4-6-8-15/h4-8,14,16H,3,9-13H2,1-2H3,(H,20,23)(H2,19,21,22). The van der Waals surface area contributed by atoms with E-state index in [2.05, 4.69) is 52.1 Å². The summed E-state index contributed by atoms with van der Waals surface area (Å²) in [7, 11) is 0. The Hall–Kier alpha value is -2.04. The van der Waals surface area contributed by atoms with Gasteiger partial charge in [0.25, 0.3) is 0 Å². The van der Waals surface area contributed by atoms with Crippen molar-refractivity contribution in [2.45, 2.75) is 32.6 Å². The van der Waals surface area contributed by atoms with Crippen molar-refractivity contribution >= 4 is 11.9 Å². The normalized spacial score (nSPS) is 15.8. The number of guanidine groups is 1. The Morgan fingerprint density at radius 2 is 1.87 bits per heavy atom. The molecule has 0 aromatic heterocycles. The molecule has 0 bridgehead atoms. The molecule has 1 amide bonds. The third-order valence-corrected chi connectivity index (χ3v) is 3.90. The fraction of sp³-hybridized carbons (Fsp3) is 0.556.